The van der Waals surface area contributed by atoms with Crippen LogP contribution in [0.25, 0.3) is 0 Å². The van der Waals surface area contributed by atoms with Crippen LogP contribution in [-0.4, -0.2) is 40.7 Å². The highest BCUT2D eigenvalue weighted by atomic mass is 16.3. The Morgan fingerprint density at radius 3 is 2.59 bits per heavy atom. The van der Waals surface area contributed by atoms with Crippen LogP contribution in [0, 0.1) is 6.92 Å². The normalized spacial score (nSPS) is 23.0. The van der Waals surface area contributed by atoms with Gasteiger partial charge >= 0.3 is 0 Å². The number of carbonyl (C=O) groups excluding carboxylic acids is 2. The molecule has 120 valence electrons. The molecule has 2 aliphatic heterocycles. The van der Waals surface area contributed by atoms with Gasteiger partial charge in [-0.15, -0.1) is 0 Å². The summed E-state index contributed by atoms with van der Waals surface area (Å²) in [6, 6.07) is 3.46. The molecular formula is C17H24N2O3. The van der Waals surface area contributed by atoms with Gasteiger partial charge in [0, 0.05) is 19.5 Å². The number of hydrogen-bond donors (Lipinski definition) is 0. The molecule has 0 spiro atoms. The SMILES string of the molecule is Cc1ccc(CN2C(=O)CC[C@@H]2C(=O)N2CCCCCC2)o1. The predicted octanol–water partition coefficient (Wildman–Crippen LogP) is 2.48. The molecule has 1 atom stereocenters. The van der Waals surface area contributed by atoms with E-state index in [1.54, 1.807) is 4.90 Å². The first-order valence-electron chi connectivity index (χ1n) is 8.29. The number of carbonyl (C=O) groups is 2. The van der Waals surface area contributed by atoms with Crippen molar-refractivity contribution in [2.45, 2.75) is 58.0 Å². The first-order valence-corrected chi connectivity index (χ1v) is 8.29. The van der Waals surface area contributed by atoms with E-state index < -0.39 is 0 Å². The van der Waals surface area contributed by atoms with Crippen LogP contribution in [0.4, 0.5) is 0 Å². The molecule has 0 aromatic carbocycles. The second-order valence-corrected chi connectivity index (χ2v) is 6.33. The summed E-state index contributed by atoms with van der Waals surface area (Å²) < 4.78 is 5.57. The Bertz CT molecular complexity index is 544. The van der Waals surface area contributed by atoms with E-state index in [0.29, 0.717) is 19.4 Å². The van der Waals surface area contributed by atoms with Crippen LogP contribution in [-0.2, 0) is 16.1 Å². The summed E-state index contributed by atoms with van der Waals surface area (Å²) in [7, 11) is 0. The highest BCUT2D eigenvalue weighted by Crippen LogP contribution is 2.25. The molecule has 5 nitrogen and oxygen atoms in total. The molecule has 0 bridgehead atoms. The van der Waals surface area contributed by atoms with Crippen LogP contribution in [0.15, 0.2) is 16.5 Å². The highest BCUT2D eigenvalue weighted by molar-refractivity contribution is 5.90. The molecule has 1 aromatic heterocycles. The average Bonchev–Trinajstić information content (AvgIpc) is 2.96. The summed E-state index contributed by atoms with van der Waals surface area (Å²) >= 11 is 0. The van der Waals surface area contributed by atoms with E-state index in [4.69, 9.17) is 4.42 Å². The van der Waals surface area contributed by atoms with Crippen molar-refractivity contribution in [3.05, 3.63) is 23.7 Å². The fraction of sp³-hybridized carbons (Fsp3) is 0.647. The predicted molar refractivity (Wildman–Crippen MR) is 82.1 cm³/mol. The van der Waals surface area contributed by atoms with Gasteiger partial charge in [0.15, 0.2) is 0 Å². The minimum atomic E-state index is -0.309. The van der Waals surface area contributed by atoms with Crippen molar-refractivity contribution < 1.29 is 14.0 Å². The smallest absolute Gasteiger partial charge is 0.245 e. The Labute approximate surface area is 131 Å². The summed E-state index contributed by atoms with van der Waals surface area (Å²) in [6.45, 7) is 3.94. The van der Waals surface area contributed by atoms with Crippen LogP contribution < -0.4 is 0 Å². The summed E-state index contributed by atoms with van der Waals surface area (Å²) in [5.74, 6) is 1.76. The Kier molecular flexibility index (Phi) is 4.50. The number of rotatable bonds is 3. The molecule has 0 aliphatic carbocycles. The molecule has 0 radical (unpaired) electrons. The van der Waals surface area contributed by atoms with E-state index in [1.807, 2.05) is 24.0 Å². The highest BCUT2D eigenvalue weighted by Gasteiger charge is 2.38. The average molecular weight is 304 g/mol. The minimum absolute atomic E-state index is 0.0576. The van der Waals surface area contributed by atoms with Gasteiger partial charge in [0.05, 0.1) is 6.54 Å². The zero-order valence-electron chi connectivity index (χ0n) is 13.2. The van der Waals surface area contributed by atoms with Crippen molar-refractivity contribution in [1.82, 2.24) is 9.80 Å². The van der Waals surface area contributed by atoms with Crippen molar-refractivity contribution in [3.8, 4) is 0 Å². The summed E-state index contributed by atoms with van der Waals surface area (Å²) in [6.07, 6.45) is 5.64. The molecule has 2 saturated heterocycles. The van der Waals surface area contributed by atoms with E-state index in [-0.39, 0.29) is 17.9 Å². The lowest BCUT2D eigenvalue weighted by Crippen LogP contribution is -2.46. The fourth-order valence-electron chi connectivity index (χ4n) is 3.43. The van der Waals surface area contributed by atoms with Crippen LogP contribution in [0.2, 0.25) is 0 Å². The largest absolute Gasteiger partial charge is 0.464 e. The van der Waals surface area contributed by atoms with E-state index in [9.17, 15) is 9.59 Å². The quantitative estimate of drug-likeness (QED) is 0.862. The lowest BCUT2D eigenvalue weighted by molar-refractivity contribution is -0.142. The number of nitrogens with zero attached hydrogens (tertiary/aromatic N) is 2. The van der Waals surface area contributed by atoms with Crippen LogP contribution in [0.5, 0.6) is 0 Å². The van der Waals surface area contributed by atoms with E-state index >= 15 is 0 Å². The van der Waals surface area contributed by atoms with E-state index in [1.165, 1.54) is 12.8 Å². The molecule has 5 heteroatoms. The molecule has 3 rings (SSSR count). The number of likely N-dealkylation sites (tertiary alicyclic amines) is 2. The van der Waals surface area contributed by atoms with Crippen molar-refractivity contribution >= 4 is 11.8 Å². The standard InChI is InChI=1S/C17H24N2O3/c1-13-6-7-14(22-13)12-19-15(8-9-16(19)20)17(21)18-10-4-2-3-5-11-18/h6-7,15H,2-5,8-12H2,1H3/t15-/m1/s1. The molecule has 2 fully saturated rings. The number of hydrogen-bond acceptors (Lipinski definition) is 3. The van der Waals surface area contributed by atoms with Gasteiger partial charge in [0.2, 0.25) is 11.8 Å². The Morgan fingerprint density at radius 1 is 1.23 bits per heavy atom. The Balaban J connectivity index is 1.70. The molecular weight excluding hydrogens is 280 g/mol. The van der Waals surface area contributed by atoms with Gasteiger partial charge in [-0.25, -0.2) is 0 Å². The lowest BCUT2D eigenvalue weighted by atomic mass is 10.2. The maximum atomic E-state index is 12.8. The maximum Gasteiger partial charge on any atom is 0.245 e. The third-order valence-corrected chi connectivity index (χ3v) is 4.65. The van der Waals surface area contributed by atoms with Gasteiger partial charge in [0.1, 0.15) is 17.6 Å². The van der Waals surface area contributed by atoms with E-state index in [2.05, 4.69) is 0 Å². The molecule has 3 heterocycles. The number of amides is 2. The monoisotopic (exact) mass is 304 g/mol. The van der Waals surface area contributed by atoms with Gasteiger partial charge in [-0.05, 0) is 38.3 Å². The molecule has 0 N–H and O–H groups in total. The molecule has 1 aromatic rings. The lowest BCUT2D eigenvalue weighted by Gasteiger charge is -2.29. The fourth-order valence-corrected chi connectivity index (χ4v) is 3.43. The topological polar surface area (TPSA) is 53.8 Å². The van der Waals surface area contributed by atoms with Gasteiger partial charge in [-0.2, -0.15) is 0 Å². The minimum Gasteiger partial charge on any atom is -0.464 e. The summed E-state index contributed by atoms with van der Waals surface area (Å²) in [5.41, 5.74) is 0. The van der Waals surface area contributed by atoms with Gasteiger partial charge in [0.25, 0.3) is 0 Å². The van der Waals surface area contributed by atoms with Crippen molar-refractivity contribution in [2.24, 2.45) is 0 Å². The molecule has 22 heavy (non-hydrogen) atoms. The first-order chi connectivity index (χ1) is 10.6. The molecule has 2 aliphatic rings. The molecule has 2 amide bonds. The second-order valence-electron chi connectivity index (χ2n) is 6.33. The van der Waals surface area contributed by atoms with Gasteiger partial charge in [-0.3, -0.25) is 9.59 Å². The number of aryl methyl sites for hydroxylation is 1. The van der Waals surface area contributed by atoms with Gasteiger partial charge in [-0.1, -0.05) is 12.8 Å². The summed E-state index contributed by atoms with van der Waals surface area (Å²) in [4.78, 5) is 28.6. The Morgan fingerprint density at radius 2 is 1.95 bits per heavy atom. The van der Waals surface area contributed by atoms with Crippen LogP contribution in [0.1, 0.15) is 50.0 Å². The third kappa shape index (κ3) is 3.18. The Hall–Kier alpha value is -1.78. The second kappa shape index (κ2) is 6.55. The number of furan rings is 1. The summed E-state index contributed by atoms with van der Waals surface area (Å²) in [5, 5.41) is 0. The third-order valence-electron chi connectivity index (χ3n) is 4.65. The molecule has 0 saturated carbocycles. The first kappa shape index (κ1) is 15.1. The van der Waals surface area contributed by atoms with E-state index in [0.717, 1.165) is 37.5 Å². The van der Waals surface area contributed by atoms with Crippen LogP contribution in [0.3, 0.4) is 0 Å². The maximum absolute atomic E-state index is 12.8. The van der Waals surface area contributed by atoms with Crippen molar-refractivity contribution in [1.29, 1.82) is 0 Å². The van der Waals surface area contributed by atoms with Crippen molar-refractivity contribution in [2.75, 3.05) is 13.1 Å². The van der Waals surface area contributed by atoms with Gasteiger partial charge < -0.3 is 14.2 Å². The van der Waals surface area contributed by atoms with Crippen LogP contribution >= 0.6 is 0 Å². The van der Waals surface area contributed by atoms with Crippen molar-refractivity contribution in [3.63, 3.8) is 0 Å². The zero-order valence-corrected chi connectivity index (χ0v) is 13.2. The molecule has 0 unspecified atom stereocenters. The zero-order chi connectivity index (χ0) is 15.5.